The molecule has 2 atom stereocenters. The van der Waals surface area contributed by atoms with Gasteiger partial charge in [-0.25, -0.2) is 0 Å². The molecule has 1 aliphatic rings. The van der Waals surface area contributed by atoms with Gasteiger partial charge in [-0.2, -0.15) is 0 Å². The van der Waals surface area contributed by atoms with Gasteiger partial charge in [0.1, 0.15) is 6.61 Å². The third-order valence-electron chi connectivity index (χ3n) is 4.84. The number of hydrogen-bond donors (Lipinski definition) is 2. The van der Waals surface area contributed by atoms with Crippen molar-refractivity contribution in [3.8, 4) is 11.5 Å². The number of hydrogen-bond acceptors (Lipinski definition) is 5. The van der Waals surface area contributed by atoms with Gasteiger partial charge < -0.3 is 20.1 Å². The summed E-state index contributed by atoms with van der Waals surface area (Å²) in [4.78, 5) is 28.8. The summed E-state index contributed by atoms with van der Waals surface area (Å²) in [5.41, 5.74) is 0.547. The summed E-state index contributed by atoms with van der Waals surface area (Å²) in [6.07, 6.45) is 5.63. The first-order valence-electron chi connectivity index (χ1n) is 9.43. The topological polar surface area (TPSA) is 89.5 Å². The molecule has 1 aromatic carbocycles. The SMILES string of the molecule is COc1ccccc1OCCNC(=O)[C@H]1CCC[C@H]1NC(=O)c1ccncc1. The zero-order chi connectivity index (χ0) is 19.8. The van der Waals surface area contributed by atoms with Crippen LogP contribution in [-0.4, -0.2) is 43.1 Å². The minimum Gasteiger partial charge on any atom is -0.493 e. The van der Waals surface area contributed by atoms with E-state index in [0.29, 0.717) is 30.2 Å². The number of methoxy groups -OCH3 is 1. The molecule has 2 N–H and O–H groups in total. The summed E-state index contributed by atoms with van der Waals surface area (Å²) in [7, 11) is 1.59. The highest BCUT2D eigenvalue weighted by Gasteiger charge is 2.34. The Labute approximate surface area is 164 Å². The van der Waals surface area contributed by atoms with Gasteiger partial charge in [0.25, 0.3) is 5.91 Å². The third-order valence-corrected chi connectivity index (χ3v) is 4.84. The quantitative estimate of drug-likeness (QED) is 0.682. The number of amides is 2. The van der Waals surface area contributed by atoms with Crippen LogP contribution in [0.25, 0.3) is 0 Å². The van der Waals surface area contributed by atoms with E-state index >= 15 is 0 Å². The number of carbonyl (C=O) groups excluding carboxylic acids is 2. The molecular weight excluding hydrogens is 358 g/mol. The second-order valence-corrected chi connectivity index (χ2v) is 6.64. The lowest BCUT2D eigenvalue weighted by Gasteiger charge is -2.20. The third kappa shape index (κ3) is 5.00. The summed E-state index contributed by atoms with van der Waals surface area (Å²) in [5, 5.41) is 5.89. The second-order valence-electron chi connectivity index (χ2n) is 6.64. The molecule has 2 amide bonds. The number of benzene rings is 1. The van der Waals surface area contributed by atoms with E-state index in [0.717, 1.165) is 19.3 Å². The molecule has 0 bridgehead atoms. The van der Waals surface area contributed by atoms with E-state index in [9.17, 15) is 9.59 Å². The molecule has 1 fully saturated rings. The molecule has 148 valence electrons. The Morgan fingerprint density at radius 2 is 1.86 bits per heavy atom. The number of nitrogens with one attached hydrogen (secondary N) is 2. The Kier molecular flexibility index (Phi) is 6.84. The smallest absolute Gasteiger partial charge is 0.251 e. The van der Waals surface area contributed by atoms with Crippen LogP contribution in [0.15, 0.2) is 48.8 Å². The van der Waals surface area contributed by atoms with Gasteiger partial charge in [-0.15, -0.1) is 0 Å². The summed E-state index contributed by atoms with van der Waals surface area (Å²) in [5.74, 6) is 0.843. The Morgan fingerprint density at radius 3 is 2.61 bits per heavy atom. The van der Waals surface area contributed by atoms with Gasteiger partial charge in [0.2, 0.25) is 5.91 Å². The predicted octanol–water partition coefficient (Wildman–Crippen LogP) is 2.18. The van der Waals surface area contributed by atoms with E-state index in [1.54, 1.807) is 31.6 Å². The molecule has 3 rings (SSSR count). The van der Waals surface area contributed by atoms with E-state index < -0.39 is 0 Å². The minimum atomic E-state index is -0.225. The monoisotopic (exact) mass is 383 g/mol. The number of aromatic nitrogens is 1. The lowest BCUT2D eigenvalue weighted by Crippen LogP contribution is -2.44. The van der Waals surface area contributed by atoms with Gasteiger partial charge in [0.05, 0.1) is 19.6 Å². The number of carbonyl (C=O) groups is 2. The van der Waals surface area contributed by atoms with Crippen molar-refractivity contribution < 1.29 is 19.1 Å². The first kappa shape index (κ1) is 19.7. The molecule has 1 heterocycles. The molecule has 0 saturated heterocycles. The highest BCUT2D eigenvalue weighted by molar-refractivity contribution is 5.94. The Bertz CT molecular complexity index is 797. The molecule has 2 aromatic rings. The van der Waals surface area contributed by atoms with Crippen LogP contribution in [0.1, 0.15) is 29.6 Å². The molecule has 0 aliphatic heterocycles. The van der Waals surface area contributed by atoms with Gasteiger partial charge in [-0.1, -0.05) is 18.6 Å². The number of rotatable bonds is 8. The van der Waals surface area contributed by atoms with Crippen LogP contribution in [0.5, 0.6) is 11.5 Å². The fourth-order valence-electron chi connectivity index (χ4n) is 3.41. The Hall–Kier alpha value is -3.09. The average molecular weight is 383 g/mol. The number of nitrogens with zero attached hydrogens (tertiary/aromatic N) is 1. The van der Waals surface area contributed by atoms with E-state index in [-0.39, 0.29) is 23.8 Å². The van der Waals surface area contributed by atoms with Crippen LogP contribution >= 0.6 is 0 Å². The van der Waals surface area contributed by atoms with Crippen LogP contribution in [0, 0.1) is 5.92 Å². The predicted molar refractivity (Wildman–Crippen MR) is 104 cm³/mol. The van der Waals surface area contributed by atoms with Crippen molar-refractivity contribution in [2.24, 2.45) is 5.92 Å². The van der Waals surface area contributed by atoms with Gasteiger partial charge >= 0.3 is 0 Å². The summed E-state index contributed by atoms with van der Waals surface area (Å²) in [6, 6.07) is 10.5. The maximum atomic E-state index is 12.6. The highest BCUT2D eigenvalue weighted by Crippen LogP contribution is 2.27. The van der Waals surface area contributed by atoms with Crippen molar-refractivity contribution in [1.29, 1.82) is 0 Å². The van der Waals surface area contributed by atoms with Gasteiger partial charge in [0, 0.05) is 24.0 Å². The second kappa shape index (κ2) is 9.73. The van der Waals surface area contributed by atoms with Crippen LogP contribution in [0.2, 0.25) is 0 Å². The maximum absolute atomic E-state index is 12.6. The summed E-state index contributed by atoms with van der Waals surface area (Å²) >= 11 is 0. The zero-order valence-corrected chi connectivity index (χ0v) is 15.9. The van der Waals surface area contributed by atoms with Crippen molar-refractivity contribution in [3.05, 3.63) is 54.4 Å². The molecule has 1 aliphatic carbocycles. The van der Waals surface area contributed by atoms with E-state index in [2.05, 4.69) is 15.6 Å². The van der Waals surface area contributed by atoms with Gasteiger partial charge in [-0.05, 0) is 37.1 Å². The largest absolute Gasteiger partial charge is 0.493 e. The molecule has 0 radical (unpaired) electrons. The first-order chi connectivity index (χ1) is 13.7. The number of pyridine rings is 1. The zero-order valence-electron chi connectivity index (χ0n) is 15.9. The highest BCUT2D eigenvalue weighted by atomic mass is 16.5. The summed E-state index contributed by atoms with van der Waals surface area (Å²) in [6.45, 7) is 0.727. The maximum Gasteiger partial charge on any atom is 0.251 e. The Morgan fingerprint density at radius 1 is 1.11 bits per heavy atom. The van der Waals surface area contributed by atoms with Crippen LogP contribution in [0.3, 0.4) is 0 Å². The Balaban J connectivity index is 1.46. The average Bonchev–Trinajstić information content (AvgIpc) is 3.20. The molecule has 0 spiro atoms. The lowest BCUT2D eigenvalue weighted by atomic mass is 10.0. The van der Waals surface area contributed by atoms with Crippen molar-refractivity contribution in [1.82, 2.24) is 15.6 Å². The summed E-state index contributed by atoms with van der Waals surface area (Å²) < 4.78 is 10.9. The molecule has 0 unspecified atom stereocenters. The van der Waals surface area contributed by atoms with Crippen molar-refractivity contribution in [3.63, 3.8) is 0 Å². The molecule has 1 aromatic heterocycles. The van der Waals surface area contributed by atoms with Crippen LogP contribution in [-0.2, 0) is 4.79 Å². The standard InChI is InChI=1S/C21H25N3O4/c1-27-18-7-2-3-8-19(18)28-14-13-23-21(26)16-5-4-6-17(16)24-20(25)15-9-11-22-12-10-15/h2-3,7-12,16-17H,4-6,13-14H2,1H3,(H,23,26)(H,24,25)/t16-,17+/m0/s1. The minimum absolute atomic E-state index is 0.0545. The molecule has 7 nitrogen and oxygen atoms in total. The van der Waals surface area contributed by atoms with Crippen molar-refractivity contribution in [2.45, 2.75) is 25.3 Å². The first-order valence-corrected chi connectivity index (χ1v) is 9.43. The normalized spacial score (nSPS) is 18.3. The van der Waals surface area contributed by atoms with Gasteiger partial charge in [-0.3, -0.25) is 14.6 Å². The lowest BCUT2D eigenvalue weighted by molar-refractivity contribution is -0.125. The van der Waals surface area contributed by atoms with Crippen LogP contribution < -0.4 is 20.1 Å². The molecule has 28 heavy (non-hydrogen) atoms. The fourth-order valence-corrected chi connectivity index (χ4v) is 3.41. The molecule has 7 heteroatoms. The van der Waals surface area contributed by atoms with E-state index in [1.165, 1.54) is 0 Å². The van der Waals surface area contributed by atoms with Crippen molar-refractivity contribution in [2.75, 3.05) is 20.3 Å². The van der Waals surface area contributed by atoms with Crippen LogP contribution in [0.4, 0.5) is 0 Å². The van der Waals surface area contributed by atoms with Gasteiger partial charge in [0.15, 0.2) is 11.5 Å². The van der Waals surface area contributed by atoms with Crippen molar-refractivity contribution >= 4 is 11.8 Å². The fraction of sp³-hybridized carbons (Fsp3) is 0.381. The number of ether oxygens (including phenoxy) is 2. The molecular formula is C21H25N3O4. The number of para-hydroxylation sites is 2. The molecule has 1 saturated carbocycles. The van der Waals surface area contributed by atoms with E-state index in [1.807, 2.05) is 24.3 Å². The van der Waals surface area contributed by atoms with E-state index in [4.69, 9.17) is 9.47 Å².